The molecule has 0 spiro atoms. The fraction of sp³-hybridized carbons (Fsp3) is 0.500. The quantitative estimate of drug-likeness (QED) is 0.644. The first-order valence-corrected chi connectivity index (χ1v) is 9.69. The van der Waals surface area contributed by atoms with Crippen molar-refractivity contribution in [3.05, 3.63) is 29.8 Å². The molecule has 1 saturated heterocycles. The average Bonchev–Trinajstić information content (AvgIpc) is 2.94. The van der Waals surface area contributed by atoms with Gasteiger partial charge in [0, 0.05) is 18.7 Å². The van der Waals surface area contributed by atoms with Crippen LogP contribution in [0.15, 0.2) is 24.3 Å². The van der Waals surface area contributed by atoms with Gasteiger partial charge in [0.25, 0.3) is 11.1 Å². The molecule has 142 valence electrons. The highest BCUT2D eigenvalue weighted by atomic mass is 32.2. The number of rotatable bonds is 9. The zero-order valence-electron chi connectivity index (χ0n) is 15.4. The molecule has 0 aromatic heterocycles. The zero-order chi connectivity index (χ0) is 19.1. The number of nitrogens with zero attached hydrogens (tertiary/aromatic N) is 1. The third-order valence-electron chi connectivity index (χ3n) is 4.33. The molecule has 1 aliphatic heterocycles. The molecule has 1 fully saturated rings. The van der Waals surface area contributed by atoms with E-state index in [4.69, 9.17) is 4.74 Å². The van der Waals surface area contributed by atoms with Crippen molar-refractivity contribution in [2.45, 2.75) is 26.4 Å². The van der Waals surface area contributed by atoms with Crippen molar-refractivity contribution in [2.75, 3.05) is 32.5 Å². The largest absolute Gasteiger partial charge is 0.494 e. The van der Waals surface area contributed by atoms with Gasteiger partial charge in [-0.15, -0.1) is 0 Å². The van der Waals surface area contributed by atoms with Crippen molar-refractivity contribution in [3.63, 3.8) is 0 Å². The van der Waals surface area contributed by atoms with E-state index in [2.05, 4.69) is 5.32 Å². The Labute approximate surface area is 158 Å². The summed E-state index contributed by atoms with van der Waals surface area (Å²) in [7, 11) is 1.96. The normalized spacial score (nSPS) is 16.5. The molecular formula is C18H26N3O4S+. The van der Waals surface area contributed by atoms with E-state index >= 15 is 0 Å². The highest BCUT2D eigenvalue weighted by molar-refractivity contribution is 8.14. The summed E-state index contributed by atoms with van der Waals surface area (Å²) in [4.78, 5) is 37.6. The van der Waals surface area contributed by atoms with E-state index < -0.39 is 0 Å². The Bertz CT molecular complexity index is 634. The molecule has 26 heavy (non-hydrogen) atoms. The summed E-state index contributed by atoms with van der Waals surface area (Å²) in [6, 6.07) is 7.61. The van der Waals surface area contributed by atoms with Crippen molar-refractivity contribution < 1.29 is 24.0 Å². The third-order valence-corrected chi connectivity index (χ3v) is 5.18. The Morgan fingerprint density at radius 1 is 1.35 bits per heavy atom. The predicted molar refractivity (Wildman–Crippen MR) is 100 cm³/mol. The van der Waals surface area contributed by atoms with E-state index in [1.165, 1.54) is 4.90 Å². The highest BCUT2D eigenvalue weighted by Crippen LogP contribution is 2.17. The minimum absolute atomic E-state index is 0.0971. The number of ether oxygens (including phenoxy) is 1. The van der Waals surface area contributed by atoms with Crippen LogP contribution in [0, 0.1) is 0 Å². The zero-order valence-corrected chi connectivity index (χ0v) is 16.2. The highest BCUT2D eigenvalue weighted by Gasteiger charge is 2.29. The van der Waals surface area contributed by atoms with Crippen LogP contribution in [0.1, 0.15) is 19.4 Å². The van der Waals surface area contributed by atoms with Gasteiger partial charge in [-0.2, -0.15) is 0 Å². The summed E-state index contributed by atoms with van der Waals surface area (Å²) in [5.41, 5.74) is 1.12. The second-order valence-electron chi connectivity index (χ2n) is 6.21. The molecule has 2 N–H and O–H groups in total. The fourth-order valence-electron chi connectivity index (χ4n) is 2.61. The number of imide groups is 1. The Kier molecular flexibility index (Phi) is 7.47. The summed E-state index contributed by atoms with van der Waals surface area (Å²) in [6.07, 6.45) is 0. The first-order valence-electron chi connectivity index (χ1n) is 8.71. The van der Waals surface area contributed by atoms with Crippen LogP contribution in [0.25, 0.3) is 0 Å². The number of hydrogen-bond acceptors (Lipinski definition) is 5. The summed E-state index contributed by atoms with van der Waals surface area (Å²) in [5.74, 6) is 0.739. The van der Waals surface area contributed by atoms with Gasteiger partial charge in [-0.05, 0) is 38.1 Å². The lowest BCUT2D eigenvalue weighted by Crippen LogP contribution is -3.12. The molecule has 0 aliphatic carbocycles. The number of hydrogen-bond donors (Lipinski definition) is 2. The number of amides is 3. The standard InChI is InChI=1S/C18H25N3O4S/c1-4-25-15-7-5-14(6-8-15)11-20(3)13(2)17(23)19-9-10-21-16(22)12-26-18(21)24/h5-8,13H,4,9-12H2,1-3H3,(H,19,23)/p+1/t13-/m0/s1. The minimum Gasteiger partial charge on any atom is -0.494 e. The van der Waals surface area contributed by atoms with Crippen LogP contribution in [0.5, 0.6) is 5.75 Å². The maximum Gasteiger partial charge on any atom is 0.288 e. The van der Waals surface area contributed by atoms with Crippen LogP contribution >= 0.6 is 11.8 Å². The molecule has 0 radical (unpaired) electrons. The molecular weight excluding hydrogens is 354 g/mol. The second kappa shape index (κ2) is 9.59. The van der Waals surface area contributed by atoms with Gasteiger partial charge in [0.15, 0.2) is 6.04 Å². The van der Waals surface area contributed by atoms with Crippen LogP contribution in [-0.4, -0.2) is 60.5 Å². The van der Waals surface area contributed by atoms with Crippen LogP contribution in [-0.2, 0) is 16.1 Å². The smallest absolute Gasteiger partial charge is 0.288 e. The molecule has 1 aromatic rings. The molecule has 7 nitrogen and oxygen atoms in total. The molecule has 2 rings (SSSR count). The van der Waals surface area contributed by atoms with Crippen molar-refractivity contribution >= 4 is 28.8 Å². The predicted octanol–water partition coefficient (Wildman–Crippen LogP) is 0.300. The average molecular weight is 380 g/mol. The molecule has 8 heteroatoms. The first-order chi connectivity index (χ1) is 12.4. The molecule has 0 bridgehead atoms. The van der Waals surface area contributed by atoms with Gasteiger partial charge in [0.1, 0.15) is 12.3 Å². The lowest BCUT2D eigenvalue weighted by atomic mass is 10.2. The minimum atomic E-state index is -0.249. The van der Waals surface area contributed by atoms with Crippen molar-refractivity contribution in [1.82, 2.24) is 10.2 Å². The molecule has 3 amide bonds. The Morgan fingerprint density at radius 2 is 2.04 bits per heavy atom. The van der Waals surface area contributed by atoms with Crippen molar-refractivity contribution in [3.8, 4) is 5.75 Å². The molecule has 2 atom stereocenters. The number of thioether (sulfide) groups is 1. The topological polar surface area (TPSA) is 80.2 Å². The Balaban J connectivity index is 1.77. The molecule has 0 saturated carbocycles. The van der Waals surface area contributed by atoms with Gasteiger partial charge in [-0.3, -0.25) is 19.3 Å². The van der Waals surface area contributed by atoms with Gasteiger partial charge < -0.3 is 15.0 Å². The van der Waals surface area contributed by atoms with E-state index in [1.54, 1.807) is 0 Å². The van der Waals surface area contributed by atoms with Crippen LogP contribution in [0.3, 0.4) is 0 Å². The Morgan fingerprint density at radius 3 is 2.62 bits per heavy atom. The summed E-state index contributed by atoms with van der Waals surface area (Å²) in [5, 5.41) is 2.57. The van der Waals surface area contributed by atoms with E-state index in [1.807, 2.05) is 45.2 Å². The van der Waals surface area contributed by atoms with Crippen molar-refractivity contribution in [2.24, 2.45) is 0 Å². The van der Waals surface area contributed by atoms with Crippen LogP contribution in [0.2, 0.25) is 0 Å². The maximum atomic E-state index is 12.3. The van der Waals surface area contributed by atoms with Gasteiger partial charge in [0.05, 0.1) is 19.4 Å². The van der Waals surface area contributed by atoms with E-state index in [-0.39, 0.29) is 41.9 Å². The van der Waals surface area contributed by atoms with E-state index in [0.717, 1.165) is 28.0 Å². The van der Waals surface area contributed by atoms with Gasteiger partial charge in [-0.1, -0.05) is 11.8 Å². The van der Waals surface area contributed by atoms with Crippen LogP contribution < -0.4 is 15.0 Å². The molecule has 1 aromatic carbocycles. The monoisotopic (exact) mass is 380 g/mol. The van der Waals surface area contributed by atoms with Gasteiger partial charge >= 0.3 is 0 Å². The SMILES string of the molecule is CCOc1ccc(C[NH+](C)[C@@H](C)C(=O)NCCN2C(=O)CSC2=O)cc1. The number of carbonyl (C=O) groups is 3. The number of benzene rings is 1. The molecule has 1 heterocycles. The number of carbonyl (C=O) groups excluding carboxylic acids is 3. The lowest BCUT2D eigenvalue weighted by Gasteiger charge is -2.22. The number of likely N-dealkylation sites (N-methyl/N-ethyl adjacent to an activating group) is 1. The van der Waals surface area contributed by atoms with E-state index in [9.17, 15) is 14.4 Å². The summed E-state index contributed by atoms with van der Waals surface area (Å²) in [6.45, 7) is 5.65. The number of quaternary nitrogens is 1. The Hall–Kier alpha value is -2.06. The third kappa shape index (κ3) is 5.47. The molecule has 1 aliphatic rings. The van der Waals surface area contributed by atoms with E-state index in [0.29, 0.717) is 13.2 Å². The summed E-state index contributed by atoms with van der Waals surface area (Å²) < 4.78 is 5.43. The van der Waals surface area contributed by atoms with Gasteiger partial charge in [-0.25, -0.2) is 0 Å². The molecule has 1 unspecified atom stereocenters. The maximum absolute atomic E-state index is 12.3. The lowest BCUT2D eigenvalue weighted by molar-refractivity contribution is -0.908. The fourth-order valence-corrected chi connectivity index (χ4v) is 3.36. The summed E-state index contributed by atoms with van der Waals surface area (Å²) >= 11 is 1.00. The van der Waals surface area contributed by atoms with Crippen LogP contribution in [0.4, 0.5) is 4.79 Å². The van der Waals surface area contributed by atoms with Crippen molar-refractivity contribution in [1.29, 1.82) is 0 Å². The number of nitrogens with one attached hydrogen (secondary N) is 2. The second-order valence-corrected chi connectivity index (χ2v) is 7.14. The van der Waals surface area contributed by atoms with Gasteiger partial charge in [0.2, 0.25) is 5.91 Å². The first kappa shape index (κ1) is 20.3.